The molecule has 1 aliphatic carbocycles. The number of rotatable bonds is 4. The Morgan fingerprint density at radius 1 is 1.16 bits per heavy atom. The van der Waals surface area contributed by atoms with E-state index in [0.717, 1.165) is 43.4 Å². The van der Waals surface area contributed by atoms with Gasteiger partial charge in [-0.05, 0) is 71.1 Å². The van der Waals surface area contributed by atoms with Crippen LogP contribution < -0.4 is 9.62 Å². The fourth-order valence-corrected chi connectivity index (χ4v) is 6.62. The van der Waals surface area contributed by atoms with Crippen molar-refractivity contribution in [3.63, 3.8) is 0 Å². The van der Waals surface area contributed by atoms with Gasteiger partial charge in [0.1, 0.15) is 4.90 Å². The van der Waals surface area contributed by atoms with Crippen molar-refractivity contribution in [2.24, 2.45) is 5.92 Å². The molecule has 0 saturated heterocycles. The number of benzene rings is 2. The first kappa shape index (κ1) is 23.4. The molecule has 172 valence electrons. The minimum atomic E-state index is -4.73. The van der Waals surface area contributed by atoms with E-state index < -0.39 is 26.8 Å². The van der Waals surface area contributed by atoms with Gasteiger partial charge in [-0.15, -0.1) is 0 Å². The lowest BCUT2D eigenvalue weighted by Gasteiger charge is -2.22. The van der Waals surface area contributed by atoms with Gasteiger partial charge in [0.25, 0.3) is 10.0 Å². The Hall–Kier alpha value is -1.78. The average molecular weight is 552 g/mol. The van der Waals surface area contributed by atoms with Crippen molar-refractivity contribution in [1.29, 1.82) is 0 Å². The Bertz CT molecular complexity index is 1180. The Morgan fingerprint density at radius 2 is 1.84 bits per heavy atom. The largest absolute Gasteiger partial charge is 0.417 e. The van der Waals surface area contributed by atoms with Crippen molar-refractivity contribution in [3.05, 3.63) is 51.0 Å². The molecule has 1 fully saturated rings. The van der Waals surface area contributed by atoms with Gasteiger partial charge in [-0.1, -0.05) is 24.4 Å². The summed E-state index contributed by atoms with van der Waals surface area (Å²) in [6.45, 7) is 0.472. The molecule has 0 aromatic heterocycles. The molecule has 0 atom stereocenters. The number of carbonyl (C=O) groups is 1. The van der Waals surface area contributed by atoms with Crippen molar-refractivity contribution in [1.82, 2.24) is 0 Å². The Labute approximate surface area is 197 Å². The molecule has 2 aromatic rings. The number of amides is 1. The van der Waals surface area contributed by atoms with Crippen molar-refractivity contribution < 1.29 is 26.4 Å². The average Bonchev–Trinajstić information content (AvgIpc) is 3.37. The summed E-state index contributed by atoms with van der Waals surface area (Å²) in [6, 6.07) is 5.85. The van der Waals surface area contributed by atoms with Gasteiger partial charge in [0, 0.05) is 28.3 Å². The van der Waals surface area contributed by atoms with Crippen molar-refractivity contribution in [2.45, 2.75) is 43.2 Å². The zero-order chi connectivity index (χ0) is 23.3. The minimum Gasteiger partial charge on any atom is -0.312 e. The summed E-state index contributed by atoms with van der Waals surface area (Å²) < 4.78 is 68.0. The summed E-state index contributed by atoms with van der Waals surface area (Å²) in [5.41, 5.74) is -0.0423. The van der Waals surface area contributed by atoms with Gasteiger partial charge in [-0.25, -0.2) is 8.42 Å². The number of halogens is 5. The quantitative estimate of drug-likeness (QED) is 0.507. The van der Waals surface area contributed by atoms with E-state index in [1.54, 1.807) is 11.0 Å². The van der Waals surface area contributed by atoms with E-state index in [9.17, 15) is 26.4 Å². The van der Waals surface area contributed by atoms with Gasteiger partial charge >= 0.3 is 6.18 Å². The van der Waals surface area contributed by atoms with E-state index >= 15 is 0 Å². The van der Waals surface area contributed by atoms with Crippen LogP contribution >= 0.6 is 27.5 Å². The molecular formula is C21H19BrClF3N2O3S. The molecule has 32 heavy (non-hydrogen) atoms. The highest BCUT2D eigenvalue weighted by Gasteiger charge is 2.35. The van der Waals surface area contributed by atoms with Crippen LogP contribution in [0.25, 0.3) is 0 Å². The monoisotopic (exact) mass is 550 g/mol. The lowest BCUT2D eigenvalue weighted by Crippen LogP contribution is -2.33. The number of anilines is 2. The lowest BCUT2D eigenvalue weighted by atomic mass is 10.1. The molecule has 5 nitrogen and oxygen atoms in total. The van der Waals surface area contributed by atoms with Crippen LogP contribution in [-0.2, 0) is 27.4 Å². The molecule has 1 N–H and O–H groups in total. The van der Waals surface area contributed by atoms with E-state index in [1.165, 1.54) is 6.07 Å². The lowest BCUT2D eigenvalue weighted by molar-refractivity contribution is -0.137. The number of fused-ring (bicyclic) bond motifs is 1. The summed E-state index contributed by atoms with van der Waals surface area (Å²) in [6.07, 6.45) is -0.470. The maximum atomic E-state index is 13.1. The van der Waals surface area contributed by atoms with Crippen molar-refractivity contribution in [2.75, 3.05) is 16.2 Å². The van der Waals surface area contributed by atoms with Crippen LogP contribution in [-0.4, -0.2) is 20.9 Å². The van der Waals surface area contributed by atoms with Crippen LogP contribution in [0.3, 0.4) is 0 Å². The van der Waals surface area contributed by atoms with Crippen LogP contribution in [0.2, 0.25) is 5.02 Å². The third-order valence-electron chi connectivity index (χ3n) is 5.81. The highest BCUT2D eigenvalue weighted by atomic mass is 79.9. The smallest absolute Gasteiger partial charge is 0.312 e. The van der Waals surface area contributed by atoms with Gasteiger partial charge in [0.05, 0.1) is 10.6 Å². The third kappa shape index (κ3) is 4.49. The molecule has 0 radical (unpaired) electrons. The second-order valence-electron chi connectivity index (χ2n) is 7.93. The first-order valence-electron chi connectivity index (χ1n) is 10.0. The van der Waals surface area contributed by atoms with Gasteiger partial charge < -0.3 is 4.90 Å². The predicted molar refractivity (Wildman–Crippen MR) is 119 cm³/mol. The fraction of sp³-hybridized carbons (Fsp3) is 0.381. The van der Waals surface area contributed by atoms with Crippen LogP contribution in [0.1, 0.15) is 36.8 Å². The molecular weight excluding hydrogens is 533 g/mol. The molecule has 4 rings (SSSR count). The van der Waals surface area contributed by atoms with Crippen molar-refractivity contribution >= 4 is 54.8 Å². The minimum absolute atomic E-state index is 0.00704. The predicted octanol–water partition coefficient (Wildman–Crippen LogP) is 6.00. The van der Waals surface area contributed by atoms with E-state index in [1.807, 2.05) is 0 Å². The molecule has 2 aromatic carbocycles. The molecule has 1 saturated carbocycles. The maximum Gasteiger partial charge on any atom is 0.417 e. The second-order valence-corrected chi connectivity index (χ2v) is 10.8. The number of hydrogen-bond donors (Lipinski definition) is 1. The molecule has 2 aliphatic rings. The molecule has 0 bridgehead atoms. The normalized spacial score (nSPS) is 17.0. The molecule has 0 unspecified atom stereocenters. The van der Waals surface area contributed by atoms with E-state index in [4.69, 9.17) is 11.6 Å². The number of hydrogen-bond acceptors (Lipinski definition) is 3. The van der Waals surface area contributed by atoms with Crippen molar-refractivity contribution in [3.8, 4) is 0 Å². The molecule has 1 amide bonds. The van der Waals surface area contributed by atoms with E-state index in [2.05, 4.69) is 20.7 Å². The summed E-state index contributed by atoms with van der Waals surface area (Å²) in [5.74, 6) is -0.0648. The van der Waals surface area contributed by atoms with E-state index in [0.29, 0.717) is 24.7 Å². The SMILES string of the molecule is O=C(C1CCCC1)N1CCc2cc(Br)c(S(=O)(=O)Nc3ccc(Cl)c(C(F)(F)F)c3)cc21. The number of nitrogens with zero attached hydrogens (tertiary/aromatic N) is 1. The summed E-state index contributed by atoms with van der Waals surface area (Å²) in [4.78, 5) is 14.4. The van der Waals surface area contributed by atoms with Gasteiger partial charge in [0.2, 0.25) is 5.91 Å². The molecule has 1 aliphatic heterocycles. The fourth-order valence-electron chi connectivity index (χ4n) is 4.23. The number of sulfonamides is 1. The first-order chi connectivity index (χ1) is 15.0. The summed E-state index contributed by atoms with van der Waals surface area (Å²) in [5, 5.41) is -0.528. The number of carbonyl (C=O) groups excluding carboxylic acids is 1. The summed E-state index contributed by atoms with van der Waals surface area (Å²) >= 11 is 8.87. The van der Waals surface area contributed by atoms with Crippen LogP contribution in [0.5, 0.6) is 0 Å². The standard InChI is InChI=1S/C21H19BrClF3N2O3S/c22-16-9-13-7-8-28(20(29)12-3-1-2-4-12)18(13)11-19(16)32(30,31)27-14-5-6-17(23)15(10-14)21(24,25)26/h5-6,9-12,27H,1-4,7-8H2. The van der Waals surface area contributed by atoms with Gasteiger partial charge in [-0.2, -0.15) is 13.2 Å². The summed E-state index contributed by atoms with van der Waals surface area (Å²) in [7, 11) is -4.25. The second kappa shape index (κ2) is 8.53. The Balaban J connectivity index is 1.66. The molecule has 11 heteroatoms. The van der Waals surface area contributed by atoms with Gasteiger partial charge in [-0.3, -0.25) is 9.52 Å². The maximum absolute atomic E-state index is 13.1. The van der Waals surface area contributed by atoms with Crippen LogP contribution in [0, 0.1) is 5.92 Å². The zero-order valence-corrected chi connectivity index (χ0v) is 19.8. The van der Waals surface area contributed by atoms with Crippen LogP contribution in [0.15, 0.2) is 39.7 Å². The van der Waals surface area contributed by atoms with E-state index in [-0.39, 0.29) is 26.9 Å². The van der Waals surface area contributed by atoms with Gasteiger partial charge in [0.15, 0.2) is 0 Å². The first-order valence-corrected chi connectivity index (χ1v) is 12.7. The van der Waals surface area contributed by atoms with Crippen LogP contribution in [0.4, 0.5) is 24.5 Å². The number of nitrogens with one attached hydrogen (secondary N) is 1. The molecule has 1 heterocycles. The highest BCUT2D eigenvalue weighted by Crippen LogP contribution is 2.39. The third-order valence-corrected chi connectivity index (χ3v) is 8.48. The topological polar surface area (TPSA) is 66.5 Å². The Kier molecular flexibility index (Phi) is 6.23. The number of alkyl halides is 3. The zero-order valence-electron chi connectivity index (χ0n) is 16.7. The molecule has 0 spiro atoms. The Morgan fingerprint density at radius 3 is 2.50 bits per heavy atom. The highest BCUT2D eigenvalue weighted by molar-refractivity contribution is 9.10.